The minimum Gasteiger partial charge on any atom is -0.451 e. The summed E-state index contributed by atoms with van der Waals surface area (Å²) in [5, 5.41) is 4.32. The summed E-state index contributed by atoms with van der Waals surface area (Å²) in [6, 6.07) is 8.09. The van der Waals surface area contributed by atoms with Crippen molar-refractivity contribution in [2.45, 2.75) is 53.0 Å². The van der Waals surface area contributed by atoms with Crippen molar-refractivity contribution in [3.05, 3.63) is 35.6 Å². The zero-order valence-corrected chi connectivity index (χ0v) is 14.4. The smallest absolute Gasteiger partial charge is 0.287 e. The number of nitrogens with one attached hydrogen (secondary N) is 1. The summed E-state index contributed by atoms with van der Waals surface area (Å²) in [7, 11) is 0. The van der Waals surface area contributed by atoms with Gasteiger partial charge in [0.1, 0.15) is 5.58 Å². The van der Waals surface area contributed by atoms with Crippen molar-refractivity contribution in [3.8, 4) is 0 Å². The SMILES string of the molecule is Cc1c(C(=O)N[C@H]2C[C@H]3CC[C@]2(C)C3(C)C)oc2ccccc12. The molecule has 2 bridgehead atoms. The zero-order valence-electron chi connectivity index (χ0n) is 14.4. The van der Waals surface area contributed by atoms with Gasteiger partial charge >= 0.3 is 0 Å². The summed E-state index contributed by atoms with van der Waals surface area (Å²) >= 11 is 0. The first-order valence-corrected chi connectivity index (χ1v) is 8.63. The quantitative estimate of drug-likeness (QED) is 0.874. The monoisotopic (exact) mass is 311 g/mol. The molecule has 0 aliphatic heterocycles. The highest BCUT2D eigenvalue weighted by Gasteiger charge is 2.61. The maximum absolute atomic E-state index is 12.8. The van der Waals surface area contributed by atoms with E-state index in [1.54, 1.807) is 0 Å². The van der Waals surface area contributed by atoms with E-state index in [1.807, 2.05) is 31.2 Å². The summed E-state index contributed by atoms with van der Waals surface area (Å²) in [5.74, 6) is 1.12. The van der Waals surface area contributed by atoms with Crippen LogP contribution in [0.2, 0.25) is 0 Å². The predicted molar refractivity (Wildman–Crippen MR) is 91.4 cm³/mol. The van der Waals surface area contributed by atoms with E-state index in [4.69, 9.17) is 4.42 Å². The molecule has 3 heteroatoms. The average Bonchev–Trinajstić information content (AvgIpc) is 3.03. The Bertz CT molecular complexity index is 788. The first kappa shape index (κ1) is 14.8. The Morgan fingerprint density at radius 1 is 1.26 bits per heavy atom. The standard InChI is InChI=1S/C20H25NO2/c1-12-14-7-5-6-8-15(14)23-17(12)18(22)21-16-11-13-9-10-20(16,4)19(13,2)3/h5-8,13,16H,9-11H2,1-4H3,(H,21,22)/t13-,16+,20+/m1/s1. The van der Waals surface area contributed by atoms with Gasteiger partial charge in [-0.25, -0.2) is 0 Å². The molecular weight excluding hydrogens is 286 g/mol. The highest BCUT2D eigenvalue weighted by molar-refractivity contribution is 5.99. The van der Waals surface area contributed by atoms with E-state index >= 15 is 0 Å². The molecule has 0 unspecified atom stereocenters. The molecule has 0 radical (unpaired) electrons. The molecule has 1 N–H and O–H groups in total. The van der Waals surface area contributed by atoms with Crippen LogP contribution in [0.15, 0.2) is 28.7 Å². The number of benzene rings is 1. The van der Waals surface area contributed by atoms with Crippen LogP contribution in [0.25, 0.3) is 11.0 Å². The minimum absolute atomic E-state index is 0.0618. The number of carbonyl (C=O) groups excluding carboxylic acids is 1. The zero-order chi connectivity index (χ0) is 16.4. The van der Waals surface area contributed by atoms with Crippen molar-refractivity contribution in [1.82, 2.24) is 5.32 Å². The molecule has 1 amide bonds. The number of para-hydroxylation sites is 1. The Morgan fingerprint density at radius 2 is 2.00 bits per heavy atom. The van der Waals surface area contributed by atoms with Crippen molar-refractivity contribution >= 4 is 16.9 Å². The molecule has 1 aromatic carbocycles. The van der Waals surface area contributed by atoms with E-state index in [1.165, 1.54) is 12.8 Å². The minimum atomic E-state index is -0.0618. The Kier molecular flexibility index (Phi) is 2.97. The van der Waals surface area contributed by atoms with E-state index < -0.39 is 0 Å². The summed E-state index contributed by atoms with van der Waals surface area (Å²) in [6.45, 7) is 9.04. The second-order valence-corrected chi connectivity index (χ2v) is 8.19. The van der Waals surface area contributed by atoms with Crippen LogP contribution >= 0.6 is 0 Å². The van der Waals surface area contributed by atoms with Crippen LogP contribution in [0.3, 0.4) is 0 Å². The maximum Gasteiger partial charge on any atom is 0.287 e. The van der Waals surface area contributed by atoms with Crippen molar-refractivity contribution in [1.29, 1.82) is 0 Å². The summed E-state index contributed by atoms with van der Waals surface area (Å²) in [6.07, 6.45) is 3.59. The highest BCUT2D eigenvalue weighted by Crippen LogP contribution is 2.65. The second kappa shape index (κ2) is 4.62. The van der Waals surface area contributed by atoms with Crippen molar-refractivity contribution < 1.29 is 9.21 Å². The van der Waals surface area contributed by atoms with E-state index in [9.17, 15) is 4.79 Å². The molecule has 1 heterocycles. The van der Waals surface area contributed by atoms with Gasteiger partial charge in [0, 0.05) is 17.0 Å². The third-order valence-electron chi connectivity index (χ3n) is 7.15. The molecule has 2 aromatic rings. The Labute approximate surface area is 137 Å². The Balaban J connectivity index is 1.62. The second-order valence-electron chi connectivity index (χ2n) is 8.19. The molecule has 1 aromatic heterocycles. The molecule has 3 nitrogen and oxygen atoms in total. The lowest BCUT2D eigenvalue weighted by Crippen LogP contribution is -2.46. The normalized spacial score (nSPS) is 31.7. The molecule has 2 saturated carbocycles. The van der Waals surface area contributed by atoms with Gasteiger partial charge in [-0.2, -0.15) is 0 Å². The lowest BCUT2D eigenvalue weighted by molar-refractivity contribution is 0.0802. The van der Waals surface area contributed by atoms with Crippen LogP contribution in [-0.2, 0) is 0 Å². The van der Waals surface area contributed by atoms with E-state index in [0.717, 1.165) is 28.9 Å². The average molecular weight is 311 g/mol. The molecule has 2 aliphatic rings. The third-order valence-corrected chi connectivity index (χ3v) is 7.15. The van der Waals surface area contributed by atoms with Crippen LogP contribution in [0.4, 0.5) is 0 Å². The number of fused-ring (bicyclic) bond motifs is 3. The van der Waals surface area contributed by atoms with Gasteiger partial charge in [-0.15, -0.1) is 0 Å². The van der Waals surface area contributed by atoms with Gasteiger partial charge in [0.25, 0.3) is 5.91 Å². The molecule has 2 aliphatic carbocycles. The number of rotatable bonds is 2. The van der Waals surface area contributed by atoms with E-state index in [0.29, 0.717) is 11.2 Å². The van der Waals surface area contributed by atoms with Crippen LogP contribution in [-0.4, -0.2) is 11.9 Å². The number of amides is 1. The molecule has 4 rings (SSSR count). The maximum atomic E-state index is 12.8. The topological polar surface area (TPSA) is 42.2 Å². The summed E-state index contributed by atoms with van der Waals surface area (Å²) < 4.78 is 5.82. The first-order chi connectivity index (χ1) is 10.8. The molecule has 3 atom stereocenters. The number of aryl methyl sites for hydroxylation is 1. The number of hydrogen-bond acceptors (Lipinski definition) is 2. The highest BCUT2D eigenvalue weighted by atomic mass is 16.3. The van der Waals surface area contributed by atoms with Crippen molar-refractivity contribution in [2.75, 3.05) is 0 Å². The molecule has 0 saturated heterocycles. The molecule has 2 fully saturated rings. The van der Waals surface area contributed by atoms with Gasteiger partial charge in [-0.3, -0.25) is 4.79 Å². The fourth-order valence-corrected chi connectivity index (χ4v) is 5.04. The molecular formula is C20H25NO2. The van der Waals surface area contributed by atoms with Gasteiger partial charge in [0.05, 0.1) is 0 Å². The van der Waals surface area contributed by atoms with E-state index in [2.05, 4.69) is 26.1 Å². The molecule has 0 spiro atoms. The van der Waals surface area contributed by atoms with Crippen LogP contribution in [0.1, 0.15) is 56.2 Å². The fraction of sp³-hybridized carbons (Fsp3) is 0.550. The lowest BCUT2D eigenvalue weighted by Gasteiger charge is -2.39. The number of carbonyl (C=O) groups is 1. The third kappa shape index (κ3) is 1.85. The van der Waals surface area contributed by atoms with Gasteiger partial charge in [0.15, 0.2) is 5.76 Å². The Morgan fingerprint density at radius 3 is 2.61 bits per heavy atom. The summed E-state index contributed by atoms with van der Waals surface area (Å²) in [5.41, 5.74) is 2.21. The van der Waals surface area contributed by atoms with Crippen LogP contribution in [0, 0.1) is 23.7 Å². The lowest BCUT2D eigenvalue weighted by atomic mass is 9.69. The first-order valence-electron chi connectivity index (χ1n) is 8.63. The molecule has 23 heavy (non-hydrogen) atoms. The van der Waals surface area contributed by atoms with Crippen LogP contribution < -0.4 is 5.32 Å². The largest absolute Gasteiger partial charge is 0.451 e. The molecule has 122 valence electrons. The number of furan rings is 1. The van der Waals surface area contributed by atoms with Gasteiger partial charge < -0.3 is 9.73 Å². The van der Waals surface area contributed by atoms with Gasteiger partial charge in [-0.1, -0.05) is 39.0 Å². The number of hydrogen-bond donors (Lipinski definition) is 1. The fourth-order valence-electron chi connectivity index (χ4n) is 5.04. The van der Waals surface area contributed by atoms with E-state index in [-0.39, 0.29) is 17.4 Å². The summed E-state index contributed by atoms with van der Waals surface area (Å²) in [4.78, 5) is 12.8. The van der Waals surface area contributed by atoms with Gasteiger partial charge in [0.2, 0.25) is 0 Å². The Hall–Kier alpha value is -1.77. The van der Waals surface area contributed by atoms with Crippen molar-refractivity contribution in [3.63, 3.8) is 0 Å². The van der Waals surface area contributed by atoms with Crippen LogP contribution in [0.5, 0.6) is 0 Å². The van der Waals surface area contributed by atoms with Gasteiger partial charge in [-0.05, 0) is 49.0 Å². The van der Waals surface area contributed by atoms with Crippen molar-refractivity contribution in [2.24, 2.45) is 16.7 Å². The predicted octanol–water partition coefficient (Wildman–Crippen LogP) is 4.69.